The lowest BCUT2D eigenvalue weighted by Gasteiger charge is -2.18. The Morgan fingerprint density at radius 1 is 0.355 bits per heavy atom. The number of hydrogen-bond acceptors (Lipinski definition) is 5. The van der Waals surface area contributed by atoms with Crippen LogP contribution in [-0.4, -0.2) is 37.9 Å². The van der Waals surface area contributed by atoms with Crippen LogP contribution in [0.5, 0.6) is 0 Å². The van der Waals surface area contributed by atoms with Gasteiger partial charge in [0.1, 0.15) is 6.61 Å². The molecular formula is C57H102O5. The smallest absolute Gasteiger partial charge is 0.306 e. The molecule has 5 nitrogen and oxygen atoms in total. The van der Waals surface area contributed by atoms with Gasteiger partial charge in [-0.2, -0.15) is 0 Å². The summed E-state index contributed by atoms with van der Waals surface area (Å²) in [7, 11) is 0. The molecule has 0 bridgehead atoms. The molecule has 0 aromatic rings. The highest BCUT2D eigenvalue weighted by molar-refractivity contribution is 5.70. The van der Waals surface area contributed by atoms with Crippen molar-refractivity contribution in [1.29, 1.82) is 0 Å². The Balaban J connectivity index is 4.30. The van der Waals surface area contributed by atoms with Crippen LogP contribution in [0.15, 0.2) is 60.8 Å². The van der Waals surface area contributed by atoms with Gasteiger partial charge in [0, 0.05) is 19.4 Å². The molecule has 0 aliphatic rings. The maximum absolute atomic E-state index is 12.8. The fourth-order valence-electron chi connectivity index (χ4n) is 7.47. The van der Waals surface area contributed by atoms with E-state index in [1.165, 1.54) is 148 Å². The number of rotatable bonds is 49. The van der Waals surface area contributed by atoms with Crippen molar-refractivity contribution >= 4 is 11.9 Å². The van der Waals surface area contributed by atoms with Crippen molar-refractivity contribution < 1.29 is 23.8 Å². The number of hydrogen-bond donors (Lipinski definition) is 0. The van der Waals surface area contributed by atoms with E-state index >= 15 is 0 Å². The lowest BCUT2D eigenvalue weighted by atomic mass is 10.0. The number of carbonyl (C=O) groups excluding carboxylic acids is 2. The second-order valence-electron chi connectivity index (χ2n) is 17.8. The van der Waals surface area contributed by atoms with Gasteiger partial charge in [0.05, 0.1) is 6.61 Å². The maximum Gasteiger partial charge on any atom is 0.306 e. The quantitative estimate of drug-likeness (QED) is 0.0346. The molecule has 0 saturated carbocycles. The average Bonchev–Trinajstić information content (AvgIpc) is 3.27. The third-order valence-electron chi connectivity index (χ3n) is 11.5. The van der Waals surface area contributed by atoms with E-state index in [1.54, 1.807) is 0 Å². The number of carbonyl (C=O) groups is 2. The van der Waals surface area contributed by atoms with Gasteiger partial charge in [-0.1, -0.05) is 229 Å². The van der Waals surface area contributed by atoms with Crippen molar-refractivity contribution in [3.63, 3.8) is 0 Å². The predicted molar refractivity (Wildman–Crippen MR) is 270 cm³/mol. The van der Waals surface area contributed by atoms with E-state index in [0.29, 0.717) is 19.4 Å². The number of unbranched alkanes of at least 4 members (excludes halogenated alkanes) is 28. The summed E-state index contributed by atoms with van der Waals surface area (Å²) < 4.78 is 17.4. The summed E-state index contributed by atoms with van der Waals surface area (Å²) in [6.45, 7) is 7.75. The molecule has 0 amide bonds. The molecule has 5 heteroatoms. The van der Waals surface area contributed by atoms with Gasteiger partial charge in [-0.05, 0) is 83.5 Å². The standard InChI is InChI=1S/C57H102O5/c1-4-7-10-13-16-19-22-24-26-28-29-30-31-33-36-39-42-45-48-51-57(59)62-55(54-61-56(58)50-47-44-41-38-35-21-18-15-12-9-6-3)53-60-52-49-46-43-40-37-34-32-27-25-23-20-17-14-11-8-5-2/h15-16,18-19,24,26,29-30,33,36,55H,4-14,17,20-23,25,27-28,31-32,34-35,37-54H2,1-3H3/b18-15-,19-16-,26-24-,30-29-,36-33-/t55-/m1/s1. The molecule has 0 aromatic heterocycles. The zero-order valence-electron chi connectivity index (χ0n) is 41.4. The second kappa shape index (κ2) is 52.9. The van der Waals surface area contributed by atoms with Gasteiger partial charge in [0.15, 0.2) is 6.10 Å². The summed E-state index contributed by atoms with van der Waals surface area (Å²) >= 11 is 0. The highest BCUT2D eigenvalue weighted by Crippen LogP contribution is 2.15. The molecule has 360 valence electrons. The first-order valence-electron chi connectivity index (χ1n) is 26.8. The fraction of sp³-hybridized carbons (Fsp3) is 0.789. The van der Waals surface area contributed by atoms with Gasteiger partial charge in [-0.25, -0.2) is 0 Å². The molecule has 62 heavy (non-hydrogen) atoms. The van der Waals surface area contributed by atoms with Crippen LogP contribution >= 0.6 is 0 Å². The molecular weight excluding hydrogens is 765 g/mol. The van der Waals surface area contributed by atoms with Crippen LogP contribution < -0.4 is 0 Å². The van der Waals surface area contributed by atoms with Crippen molar-refractivity contribution in [1.82, 2.24) is 0 Å². The molecule has 0 aromatic carbocycles. The molecule has 0 aliphatic carbocycles. The van der Waals surface area contributed by atoms with E-state index in [0.717, 1.165) is 83.5 Å². The van der Waals surface area contributed by atoms with Gasteiger partial charge in [0.2, 0.25) is 0 Å². The molecule has 0 unspecified atom stereocenters. The lowest BCUT2D eigenvalue weighted by Crippen LogP contribution is -2.30. The second-order valence-corrected chi connectivity index (χ2v) is 17.8. The van der Waals surface area contributed by atoms with Crippen LogP contribution in [0.3, 0.4) is 0 Å². The zero-order chi connectivity index (χ0) is 44.9. The Hall–Kier alpha value is -2.40. The van der Waals surface area contributed by atoms with Crippen LogP contribution in [-0.2, 0) is 23.8 Å². The van der Waals surface area contributed by atoms with E-state index in [4.69, 9.17) is 14.2 Å². The minimum absolute atomic E-state index is 0.0694. The van der Waals surface area contributed by atoms with Gasteiger partial charge in [0.25, 0.3) is 0 Å². The van der Waals surface area contributed by atoms with Crippen molar-refractivity contribution in [3.05, 3.63) is 60.8 Å². The minimum Gasteiger partial charge on any atom is -0.462 e. The molecule has 0 aliphatic heterocycles. The Morgan fingerprint density at radius 3 is 1.19 bits per heavy atom. The predicted octanol–water partition coefficient (Wildman–Crippen LogP) is 18.1. The highest BCUT2D eigenvalue weighted by Gasteiger charge is 2.17. The van der Waals surface area contributed by atoms with Crippen LogP contribution in [0.1, 0.15) is 265 Å². The normalized spacial score (nSPS) is 12.6. The van der Waals surface area contributed by atoms with E-state index in [1.807, 2.05) is 0 Å². The van der Waals surface area contributed by atoms with Crippen LogP contribution in [0, 0.1) is 0 Å². The molecule has 1 atom stereocenters. The molecule has 0 N–H and O–H groups in total. The molecule has 0 spiro atoms. The largest absolute Gasteiger partial charge is 0.462 e. The van der Waals surface area contributed by atoms with Crippen molar-refractivity contribution in [2.45, 2.75) is 271 Å². The summed E-state index contributed by atoms with van der Waals surface area (Å²) in [4.78, 5) is 25.4. The Labute approximate surface area is 385 Å². The summed E-state index contributed by atoms with van der Waals surface area (Å²) in [6.07, 6.45) is 66.6. The Kier molecular flexibility index (Phi) is 50.9. The first kappa shape index (κ1) is 59.6. The summed E-state index contributed by atoms with van der Waals surface area (Å²) in [6, 6.07) is 0. The average molecular weight is 867 g/mol. The van der Waals surface area contributed by atoms with Crippen molar-refractivity contribution in [3.8, 4) is 0 Å². The Morgan fingerprint density at radius 2 is 0.694 bits per heavy atom. The topological polar surface area (TPSA) is 61.8 Å². The van der Waals surface area contributed by atoms with Crippen LogP contribution in [0.25, 0.3) is 0 Å². The number of esters is 2. The van der Waals surface area contributed by atoms with Gasteiger partial charge in [-0.15, -0.1) is 0 Å². The van der Waals surface area contributed by atoms with Crippen LogP contribution in [0.4, 0.5) is 0 Å². The van der Waals surface area contributed by atoms with E-state index in [9.17, 15) is 9.59 Å². The third-order valence-corrected chi connectivity index (χ3v) is 11.5. The monoisotopic (exact) mass is 867 g/mol. The van der Waals surface area contributed by atoms with E-state index in [2.05, 4.69) is 81.5 Å². The van der Waals surface area contributed by atoms with E-state index in [-0.39, 0.29) is 25.2 Å². The maximum atomic E-state index is 12.8. The molecule has 0 saturated heterocycles. The van der Waals surface area contributed by atoms with E-state index < -0.39 is 6.10 Å². The third kappa shape index (κ3) is 50.2. The Bertz CT molecular complexity index is 1070. The number of ether oxygens (including phenoxy) is 3. The SMILES string of the molecule is CCCC/C=C\CCCCCCCC(=O)OC[C@@H](COCCCCCCCCCCCCCCCCCC)OC(=O)CCCCC/C=C\C/C=C\C/C=C\C/C=C\CCCCC. The van der Waals surface area contributed by atoms with Crippen LogP contribution in [0.2, 0.25) is 0 Å². The molecule has 0 heterocycles. The summed E-state index contributed by atoms with van der Waals surface area (Å²) in [5.74, 6) is -0.436. The molecule has 0 radical (unpaired) electrons. The van der Waals surface area contributed by atoms with Gasteiger partial charge < -0.3 is 14.2 Å². The van der Waals surface area contributed by atoms with Gasteiger partial charge in [-0.3, -0.25) is 9.59 Å². The van der Waals surface area contributed by atoms with Gasteiger partial charge >= 0.3 is 11.9 Å². The highest BCUT2D eigenvalue weighted by atomic mass is 16.6. The molecule has 0 rings (SSSR count). The van der Waals surface area contributed by atoms with Crippen molar-refractivity contribution in [2.24, 2.45) is 0 Å². The number of allylic oxidation sites excluding steroid dienone is 10. The lowest BCUT2D eigenvalue weighted by molar-refractivity contribution is -0.163. The zero-order valence-corrected chi connectivity index (χ0v) is 41.4. The summed E-state index contributed by atoms with van der Waals surface area (Å²) in [5, 5.41) is 0. The summed E-state index contributed by atoms with van der Waals surface area (Å²) in [5.41, 5.74) is 0. The minimum atomic E-state index is -0.554. The first-order valence-corrected chi connectivity index (χ1v) is 26.8. The first-order chi connectivity index (χ1) is 30.6. The van der Waals surface area contributed by atoms with Crippen molar-refractivity contribution in [2.75, 3.05) is 19.8 Å². The fourth-order valence-corrected chi connectivity index (χ4v) is 7.47. The molecule has 0 fully saturated rings.